The zero-order valence-corrected chi connectivity index (χ0v) is 12.9. The van der Waals surface area contributed by atoms with E-state index in [1.807, 2.05) is 0 Å². The first-order valence-corrected chi connectivity index (χ1v) is 7.20. The van der Waals surface area contributed by atoms with Gasteiger partial charge in [0.15, 0.2) is 6.10 Å². The van der Waals surface area contributed by atoms with E-state index in [1.165, 1.54) is 0 Å². The summed E-state index contributed by atoms with van der Waals surface area (Å²) in [6.07, 6.45) is 0.218. The lowest BCUT2D eigenvalue weighted by molar-refractivity contribution is -0.154. The lowest BCUT2D eigenvalue weighted by atomic mass is 10.1. The Kier molecular flexibility index (Phi) is 6.72. The predicted octanol–water partition coefficient (Wildman–Crippen LogP) is 1.91. The molecule has 0 bridgehead atoms. The van der Waals surface area contributed by atoms with Crippen LogP contribution in [0.15, 0.2) is 24.3 Å². The smallest absolute Gasteiger partial charge is 0.311 e. The highest BCUT2D eigenvalue weighted by Crippen LogP contribution is 2.08. The molecule has 1 rings (SSSR count). The Balaban J connectivity index is 2.37. The molecule has 3 N–H and O–H groups in total. The van der Waals surface area contributed by atoms with Gasteiger partial charge in [-0.2, -0.15) is 0 Å². The summed E-state index contributed by atoms with van der Waals surface area (Å²) in [5.74, 6) is -0.185. The molecule has 5 nitrogen and oxygen atoms in total. The molecule has 0 aliphatic rings. The zero-order chi connectivity index (χ0) is 15.8. The lowest BCUT2D eigenvalue weighted by Crippen LogP contribution is -2.36. The Morgan fingerprint density at radius 1 is 1.29 bits per heavy atom. The first-order chi connectivity index (χ1) is 9.88. The Hall–Kier alpha value is -2.04. The molecule has 5 heteroatoms. The molecule has 0 aliphatic heterocycles. The summed E-state index contributed by atoms with van der Waals surface area (Å²) < 4.78 is 5.12. The molecule has 0 aromatic heterocycles. The first kappa shape index (κ1) is 17.0. The quantitative estimate of drug-likeness (QED) is 0.594. The number of esters is 1. The molecule has 0 radical (unpaired) electrons. The Morgan fingerprint density at radius 2 is 2.00 bits per heavy atom. The highest BCUT2D eigenvalue weighted by molar-refractivity contribution is 5.83. The summed E-state index contributed by atoms with van der Waals surface area (Å²) in [5, 5.41) is 2.76. The second kappa shape index (κ2) is 8.29. The van der Waals surface area contributed by atoms with E-state index >= 15 is 0 Å². The second-order valence-electron chi connectivity index (χ2n) is 5.53. The SMILES string of the molecule is CC(C)CCNC(=O)C(C)OC(=O)Cc1cccc(N)c1. The van der Waals surface area contributed by atoms with Gasteiger partial charge in [0.2, 0.25) is 0 Å². The average Bonchev–Trinajstić information content (AvgIpc) is 2.37. The van der Waals surface area contributed by atoms with Gasteiger partial charge in [-0.25, -0.2) is 0 Å². The maximum Gasteiger partial charge on any atom is 0.311 e. The van der Waals surface area contributed by atoms with E-state index in [-0.39, 0.29) is 12.3 Å². The normalized spacial score (nSPS) is 12.0. The fourth-order valence-corrected chi connectivity index (χ4v) is 1.79. The Bertz CT molecular complexity index is 486. The van der Waals surface area contributed by atoms with Crippen LogP contribution >= 0.6 is 0 Å². The highest BCUT2D eigenvalue weighted by Gasteiger charge is 2.17. The van der Waals surface area contributed by atoms with Gasteiger partial charge in [-0.3, -0.25) is 9.59 Å². The zero-order valence-electron chi connectivity index (χ0n) is 12.9. The van der Waals surface area contributed by atoms with Crippen LogP contribution in [0, 0.1) is 5.92 Å². The molecular weight excluding hydrogens is 268 g/mol. The third-order valence-corrected chi connectivity index (χ3v) is 3.00. The third-order valence-electron chi connectivity index (χ3n) is 3.00. The van der Waals surface area contributed by atoms with E-state index < -0.39 is 12.1 Å². The van der Waals surface area contributed by atoms with Crippen LogP contribution < -0.4 is 11.1 Å². The van der Waals surface area contributed by atoms with Crippen LogP contribution in [0.1, 0.15) is 32.8 Å². The molecule has 0 fully saturated rings. The number of nitrogens with one attached hydrogen (secondary N) is 1. The van der Waals surface area contributed by atoms with Gasteiger partial charge in [-0.05, 0) is 37.0 Å². The second-order valence-corrected chi connectivity index (χ2v) is 5.53. The summed E-state index contributed by atoms with van der Waals surface area (Å²) in [7, 11) is 0. The number of nitrogens with two attached hydrogens (primary N) is 1. The van der Waals surface area contributed by atoms with Gasteiger partial charge < -0.3 is 15.8 Å². The van der Waals surface area contributed by atoms with Crippen LogP contribution in [0.5, 0.6) is 0 Å². The lowest BCUT2D eigenvalue weighted by Gasteiger charge is -2.14. The van der Waals surface area contributed by atoms with Crippen molar-refractivity contribution in [3.05, 3.63) is 29.8 Å². The van der Waals surface area contributed by atoms with Gasteiger partial charge >= 0.3 is 5.97 Å². The summed E-state index contributed by atoms with van der Waals surface area (Å²) >= 11 is 0. The van der Waals surface area contributed by atoms with Gasteiger partial charge in [0, 0.05) is 12.2 Å². The van der Waals surface area contributed by atoms with E-state index in [9.17, 15) is 9.59 Å². The number of amides is 1. The number of anilines is 1. The van der Waals surface area contributed by atoms with Crippen LogP contribution in [0.3, 0.4) is 0 Å². The average molecular weight is 292 g/mol. The monoisotopic (exact) mass is 292 g/mol. The fraction of sp³-hybridized carbons (Fsp3) is 0.500. The maximum absolute atomic E-state index is 11.8. The van der Waals surface area contributed by atoms with Gasteiger partial charge in [-0.1, -0.05) is 26.0 Å². The standard InChI is InChI=1S/C16H24N2O3/c1-11(2)7-8-18-16(20)12(3)21-15(19)10-13-5-4-6-14(17)9-13/h4-6,9,11-12H,7-8,10,17H2,1-3H3,(H,18,20). The van der Waals surface area contributed by atoms with E-state index in [1.54, 1.807) is 31.2 Å². The summed E-state index contributed by atoms with van der Waals surface area (Å²) in [6, 6.07) is 7.04. The number of carbonyl (C=O) groups excluding carboxylic acids is 2. The summed E-state index contributed by atoms with van der Waals surface area (Å²) in [4.78, 5) is 23.5. The van der Waals surface area contributed by atoms with Crippen LogP contribution in [-0.2, 0) is 20.7 Å². The first-order valence-electron chi connectivity index (χ1n) is 7.20. The van der Waals surface area contributed by atoms with E-state index in [0.717, 1.165) is 12.0 Å². The van der Waals surface area contributed by atoms with Crippen molar-refractivity contribution in [2.75, 3.05) is 12.3 Å². The van der Waals surface area contributed by atoms with Crippen molar-refractivity contribution in [2.24, 2.45) is 5.92 Å². The molecule has 1 unspecified atom stereocenters. The Labute approximate surface area is 125 Å². The van der Waals surface area contributed by atoms with Crippen LogP contribution in [0.2, 0.25) is 0 Å². The minimum Gasteiger partial charge on any atom is -0.452 e. The molecule has 116 valence electrons. The number of nitrogen functional groups attached to an aromatic ring is 1. The third kappa shape index (κ3) is 6.79. The minimum absolute atomic E-state index is 0.106. The van der Waals surface area contributed by atoms with Crippen molar-refractivity contribution >= 4 is 17.6 Å². The van der Waals surface area contributed by atoms with E-state index in [2.05, 4.69) is 19.2 Å². The van der Waals surface area contributed by atoms with Crippen molar-refractivity contribution in [3.63, 3.8) is 0 Å². The molecule has 21 heavy (non-hydrogen) atoms. The topological polar surface area (TPSA) is 81.4 Å². The van der Waals surface area contributed by atoms with Crippen molar-refractivity contribution < 1.29 is 14.3 Å². The summed E-state index contributed by atoms with van der Waals surface area (Å²) in [6.45, 7) is 6.33. The number of benzene rings is 1. The number of rotatable bonds is 7. The molecular formula is C16H24N2O3. The molecule has 1 aromatic rings. The van der Waals surface area contributed by atoms with Crippen molar-refractivity contribution in [1.82, 2.24) is 5.32 Å². The number of hydrogen-bond acceptors (Lipinski definition) is 4. The summed E-state index contributed by atoms with van der Waals surface area (Å²) in [5.41, 5.74) is 7.01. The van der Waals surface area contributed by atoms with Crippen LogP contribution in [0.4, 0.5) is 5.69 Å². The molecule has 0 saturated heterocycles. The van der Waals surface area contributed by atoms with Gasteiger partial charge in [0.05, 0.1) is 6.42 Å². The molecule has 1 amide bonds. The van der Waals surface area contributed by atoms with Crippen LogP contribution in [-0.4, -0.2) is 24.5 Å². The molecule has 0 saturated carbocycles. The number of hydrogen-bond donors (Lipinski definition) is 2. The van der Waals surface area contributed by atoms with Crippen molar-refractivity contribution in [3.8, 4) is 0 Å². The molecule has 1 atom stereocenters. The highest BCUT2D eigenvalue weighted by atomic mass is 16.5. The molecule has 0 heterocycles. The molecule has 0 aliphatic carbocycles. The minimum atomic E-state index is -0.786. The van der Waals surface area contributed by atoms with Crippen molar-refractivity contribution in [2.45, 2.75) is 39.7 Å². The van der Waals surface area contributed by atoms with Crippen LogP contribution in [0.25, 0.3) is 0 Å². The van der Waals surface area contributed by atoms with Gasteiger partial charge in [0.1, 0.15) is 0 Å². The van der Waals surface area contributed by atoms with Gasteiger partial charge in [0.25, 0.3) is 5.91 Å². The van der Waals surface area contributed by atoms with Crippen molar-refractivity contribution in [1.29, 1.82) is 0 Å². The fourth-order valence-electron chi connectivity index (χ4n) is 1.79. The Morgan fingerprint density at radius 3 is 2.62 bits per heavy atom. The van der Waals surface area contributed by atoms with E-state index in [4.69, 9.17) is 10.5 Å². The largest absolute Gasteiger partial charge is 0.452 e. The molecule has 0 spiro atoms. The number of ether oxygens (including phenoxy) is 1. The predicted molar refractivity (Wildman–Crippen MR) is 82.6 cm³/mol. The van der Waals surface area contributed by atoms with E-state index in [0.29, 0.717) is 18.2 Å². The maximum atomic E-state index is 11.8. The van der Waals surface area contributed by atoms with Gasteiger partial charge in [-0.15, -0.1) is 0 Å². The molecule has 1 aromatic carbocycles. The number of carbonyl (C=O) groups is 2.